The van der Waals surface area contributed by atoms with Crippen LogP contribution in [0.2, 0.25) is 4.34 Å². The molecule has 0 bridgehead atoms. The Morgan fingerprint density at radius 2 is 1.80 bits per heavy atom. The van der Waals surface area contributed by atoms with E-state index in [1.54, 1.807) is 18.2 Å². The molecule has 4 rings (SSSR count). The maximum Gasteiger partial charge on any atom is 0.333 e. The Kier molecular flexibility index (Phi) is 8.38. The minimum atomic E-state index is -4.11. The maximum atomic E-state index is 13.1. The van der Waals surface area contributed by atoms with Gasteiger partial charge in [-0.1, -0.05) is 30.8 Å². The van der Waals surface area contributed by atoms with Crippen molar-refractivity contribution < 1.29 is 17.6 Å². The van der Waals surface area contributed by atoms with E-state index in [4.69, 9.17) is 11.6 Å². The average molecular weight is 602 g/mol. The van der Waals surface area contributed by atoms with Crippen molar-refractivity contribution in [2.24, 2.45) is 0 Å². The van der Waals surface area contributed by atoms with Crippen LogP contribution in [-0.4, -0.2) is 30.5 Å². The molecule has 0 aliphatic carbocycles. The number of fused-ring (bicyclic) bond motifs is 1. The zero-order valence-corrected chi connectivity index (χ0v) is 22.9. The first-order valence-corrected chi connectivity index (χ1v) is 14.0. The Labute approximate surface area is 236 Å². The van der Waals surface area contributed by atoms with Crippen molar-refractivity contribution in [3.63, 3.8) is 0 Å². The van der Waals surface area contributed by atoms with Crippen LogP contribution in [0.5, 0.6) is 0 Å². The number of urea groups is 1. The second kappa shape index (κ2) is 11.7. The molecule has 4 aromatic rings. The largest absolute Gasteiger partial charge is 0.381 e. The Hall–Kier alpha value is -4.46. The summed E-state index contributed by atoms with van der Waals surface area (Å²) in [5.74, 6) is -0.611. The molecule has 0 aliphatic rings. The normalized spacial score (nSPS) is 11.7. The van der Waals surface area contributed by atoms with Crippen molar-refractivity contribution in [2.75, 3.05) is 17.2 Å². The number of thiophene rings is 1. The van der Waals surface area contributed by atoms with Gasteiger partial charge in [-0.25, -0.2) is 31.7 Å². The lowest BCUT2D eigenvalue weighted by atomic mass is 10.2. The fraction of sp³-hybridized carbons (Fsp3) is 0.0385. The molecule has 4 N–H and O–H groups in total. The summed E-state index contributed by atoms with van der Waals surface area (Å²) >= 11 is 6.56. The number of hydrogen-bond donors (Lipinski definition) is 4. The van der Waals surface area contributed by atoms with E-state index < -0.39 is 33.1 Å². The van der Waals surface area contributed by atoms with Crippen molar-refractivity contribution >= 4 is 61.3 Å². The number of aromatic amines is 1. The van der Waals surface area contributed by atoms with Gasteiger partial charge in [-0.05, 0) is 66.2 Å². The molecular weight excluding hydrogens is 581 g/mol. The van der Waals surface area contributed by atoms with E-state index in [-0.39, 0.29) is 31.9 Å². The Morgan fingerprint density at radius 3 is 2.42 bits per heavy atom. The van der Waals surface area contributed by atoms with Crippen molar-refractivity contribution in [2.45, 2.75) is 4.21 Å². The predicted octanol–water partition coefficient (Wildman–Crippen LogP) is 4.91. The van der Waals surface area contributed by atoms with Crippen LogP contribution in [0, 0.1) is 0 Å². The highest BCUT2D eigenvalue weighted by Gasteiger charge is 2.20. The number of carbonyl (C=O) groups is 1. The summed E-state index contributed by atoms with van der Waals surface area (Å²) in [7, 11) is -4.11. The van der Waals surface area contributed by atoms with Gasteiger partial charge in [-0.2, -0.15) is 0 Å². The number of halogens is 2. The van der Waals surface area contributed by atoms with Crippen LogP contribution in [0.1, 0.15) is 0 Å². The van der Waals surface area contributed by atoms with Crippen LogP contribution < -0.4 is 26.6 Å². The van der Waals surface area contributed by atoms with Crippen LogP contribution in [0.3, 0.4) is 0 Å². The van der Waals surface area contributed by atoms with Gasteiger partial charge in [0.15, 0.2) is 0 Å². The van der Waals surface area contributed by atoms with Crippen molar-refractivity contribution in [1.82, 2.24) is 14.3 Å². The standard InChI is InChI=1S/C26H21ClFN5O5S2/c1-3-16(12-15(2)28)14-29-18-6-9-20-21(13-18)31-26(36)33(24(20)34)19-7-4-17(5-8-19)30-25(35)32-40(37,38)23-11-10-22(27)39-23/h3-13,29H,1-2,14H2,(H,31,36)(H2,30,32,35)/b16-12+. The van der Waals surface area contributed by atoms with E-state index in [2.05, 4.69) is 28.8 Å². The van der Waals surface area contributed by atoms with Crippen LogP contribution in [0.4, 0.5) is 20.6 Å². The number of allylic oxidation sites excluding steroid dienone is 2. The number of benzene rings is 2. The number of H-pyrrole nitrogens is 1. The molecule has 206 valence electrons. The van der Waals surface area contributed by atoms with Gasteiger partial charge >= 0.3 is 11.7 Å². The van der Waals surface area contributed by atoms with Crippen LogP contribution >= 0.6 is 22.9 Å². The van der Waals surface area contributed by atoms with E-state index in [1.807, 2.05) is 4.72 Å². The highest BCUT2D eigenvalue weighted by Crippen LogP contribution is 2.25. The van der Waals surface area contributed by atoms with Gasteiger partial charge in [0, 0.05) is 17.9 Å². The van der Waals surface area contributed by atoms with Crippen LogP contribution in [0.25, 0.3) is 16.6 Å². The first-order chi connectivity index (χ1) is 19.0. The topological polar surface area (TPSA) is 142 Å². The summed E-state index contributed by atoms with van der Waals surface area (Å²) in [6, 6.07) is 12.1. The van der Waals surface area contributed by atoms with E-state index in [0.29, 0.717) is 16.8 Å². The van der Waals surface area contributed by atoms with Gasteiger partial charge in [0.05, 0.1) is 20.9 Å². The minimum Gasteiger partial charge on any atom is -0.381 e. The highest BCUT2D eigenvalue weighted by molar-refractivity contribution is 7.92. The van der Waals surface area contributed by atoms with Crippen molar-refractivity contribution in [3.05, 3.63) is 116 Å². The minimum absolute atomic E-state index is 0.123. The zero-order chi connectivity index (χ0) is 29.0. The van der Waals surface area contributed by atoms with E-state index in [0.717, 1.165) is 15.9 Å². The summed E-state index contributed by atoms with van der Waals surface area (Å²) in [6.07, 6.45) is 2.72. The fourth-order valence-electron chi connectivity index (χ4n) is 3.61. The number of hydrogen-bond acceptors (Lipinski definition) is 7. The lowest BCUT2D eigenvalue weighted by Gasteiger charge is -2.11. The molecule has 0 fully saturated rings. The third-order valence-corrected chi connectivity index (χ3v) is 8.48. The third-order valence-electron chi connectivity index (χ3n) is 5.42. The summed E-state index contributed by atoms with van der Waals surface area (Å²) in [4.78, 5) is 40.8. The van der Waals surface area contributed by atoms with Crippen LogP contribution in [0.15, 0.2) is 105 Å². The van der Waals surface area contributed by atoms with Crippen LogP contribution in [-0.2, 0) is 10.0 Å². The third kappa shape index (κ3) is 6.57. The quantitative estimate of drug-likeness (QED) is 0.201. The zero-order valence-electron chi connectivity index (χ0n) is 20.5. The smallest absolute Gasteiger partial charge is 0.333 e. The molecule has 2 aromatic carbocycles. The number of nitrogens with zero attached hydrogens (tertiary/aromatic N) is 1. The fourth-order valence-corrected chi connectivity index (χ4v) is 6.00. The Balaban J connectivity index is 1.51. The first kappa shape index (κ1) is 28.5. The Morgan fingerprint density at radius 1 is 1.10 bits per heavy atom. The molecule has 2 amide bonds. The Bertz CT molecular complexity index is 1890. The predicted molar refractivity (Wildman–Crippen MR) is 156 cm³/mol. The van der Waals surface area contributed by atoms with Crippen molar-refractivity contribution in [1.29, 1.82) is 0 Å². The second-order valence-corrected chi connectivity index (χ2v) is 11.8. The molecule has 0 unspecified atom stereocenters. The van der Waals surface area contributed by atoms with Gasteiger partial charge in [-0.3, -0.25) is 4.79 Å². The highest BCUT2D eigenvalue weighted by atomic mass is 35.5. The van der Waals surface area contributed by atoms with Gasteiger partial charge in [0.1, 0.15) is 10.0 Å². The van der Waals surface area contributed by atoms with Crippen molar-refractivity contribution in [3.8, 4) is 5.69 Å². The number of rotatable bonds is 9. The van der Waals surface area contributed by atoms with E-state index in [1.165, 1.54) is 48.6 Å². The number of sulfonamides is 1. The van der Waals surface area contributed by atoms with Gasteiger partial charge in [0.2, 0.25) is 0 Å². The molecular formula is C26H21ClFN5O5S2. The molecule has 0 atom stereocenters. The second-order valence-electron chi connectivity index (χ2n) is 8.22. The maximum absolute atomic E-state index is 13.1. The molecule has 0 saturated heterocycles. The van der Waals surface area contributed by atoms with Gasteiger partial charge in [-0.15, -0.1) is 11.3 Å². The summed E-state index contributed by atoms with van der Waals surface area (Å²) in [6.45, 7) is 7.06. The van der Waals surface area contributed by atoms with Gasteiger partial charge in [0.25, 0.3) is 15.6 Å². The molecule has 2 heterocycles. The molecule has 10 nitrogen and oxygen atoms in total. The summed E-state index contributed by atoms with van der Waals surface area (Å²) in [5, 5.41) is 5.68. The molecule has 0 radical (unpaired) electrons. The molecule has 14 heteroatoms. The number of aromatic nitrogens is 2. The molecule has 0 spiro atoms. The molecule has 0 aliphatic heterocycles. The number of amides is 2. The number of anilines is 2. The molecule has 2 aromatic heterocycles. The lowest BCUT2D eigenvalue weighted by Crippen LogP contribution is -2.34. The SMILES string of the molecule is C=C/C(=C\C(=C)F)CNc1ccc2c(=O)n(-c3ccc(NC(=O)NS(=O)(=O)c4ccc(Cl)s4)cc3)c(=O)[nH]c2c1. The first-order valence-electron chi connectivity index (χ1n) is 11.4. The lowest BCUT2D eigenvalue weighted by molar-refractivity contribution is 0.256. The molecule has 40 heavy (non-hydrogen) atoms. The van der Waals surface area contributed by atoms with E-state index in [9.17, 15) is 27.2 Å². The number of carbonyl (C=O) groups excluding carboxylic acids is 1. The average Bonchev–Trinajstić information content (AvgIpc) is 3.34. The molecule has 0 saturated carbocycles. The summed E-state index contributed by atoms with van der Waals surface area (Å²) < 4.78 is 40.6. The van der Waals surface area contributed by atoms with Gasteiger partial charge < -0.3 is 15.6 Å². The monoisotopic (exact) mass is 601 g/mol. The number of nitrogens with one attached hydrogen (secondary N) is 4. The summed E-state index contributed by atoms with van der Waals surface area (Å²) in [5.41, 5.74) is 0.578. The van der Waals surface area contributed by atoms with E-state index >= 15 is 0 Å².